The lowest BCUT2D eigenvalue weighted by atomic mass is 10.5. The van der Waals surface area contributed by atoms with Crippen LogP contribution < -0.4 is 0 Å². The van der Waals surface area contributed by atoms with Crippen LogP contribution in [0.2, 0.25) is 0 Å². The van der Waals surface area contributed by atoms with Gasteiger partial charge in [-0.15, -0.1) is 0 Å². The van der Waals surface area contributed by atoms with Gasteiger partial charge >= 0.3 is 0 Å². The van der Waals surface area contributed by atoms with Crippen molar-refractivity contribution < 1.29 is 4.79 Å². The molecular formula is C5H8NO. The number of amides is 1. The van der Waals surface area contributed by atoms with Gasteiger partial charge < -0.3 is 4.90 Å². The Bertz CT molecular complexity index is 86.1. The minimum atomic E-state index is -0.181. The molecule has 0 aromatic rings. The summed E-state index contributed by atoms with van der Waals surface area (Å²) in [6.45, 7) is 3.17. The van der Waals surface area contributed by atoms with Gasteiger partial charge in [0.2, 0.25) is 0 Å². The molecule has 0 fully saturated rings. The first-order valence-corrected chi connectivity index (χ1v) is 1.93. The largest absolute Gasteiger partial charge is 0.345 e. The van der Waals surface area contributed by atoms with Crippen LogP contribution in [0.1, 0.15) is 0 Å². The van der Waals surface area contributed by atoms with Gasteiger partial charge in [0.05, 0.1) is 0 Å². The van der Waals surface area contributed by atoms with Crippen molar-refractivity contribution in [2.75, 3.05) is 14.1 Å². The van der Waals surface area contributed by atoms with Crippen LogP contribution in [-0.2, 0) is 4.79 Å². The average Bonchev–Trinajstić information content (AvgIpc) is 1.65. The number of hydrogen-bond acceptors (Lipinski definition) is 1. The Balaban J connectivity index is 3.56. The van der Waals surface area contributed by atoms with Gasteiger partial charge in [-0.05, 0) is 0 Å². The molecule has 0 atom stereocenters. The molecule has 0 saturated carbocycles. The van der Waals surface area contributed by atoms with Crippen molar-refractivity contribution in [2.24, 2.45) is 0 Å². The minimum Gasteiger partial charge on any atom is -0.345 e. The second-order valence-electron chi connectivity index (χ2n) is 1.38. The fourth-order valence-corrected chi connectivity index (χ4v) is 0.158. The zero-order valence-electron chi connectivity index (χ0n) is 4.56. The van der Waals surface area contributed by atoms with E-state index in [4.69, 9.17) is 0 Å². The first-order valence-electron chi connectivity index (χ1n) is 1.93. The van der Waals surface area contributed by atoms with E-state index >= 15 is 0 Å². The fraction of sp³-hybridized carbons (Fsp3) is 0.400. The molecule has 0 aliphatic rings. The van der Waals surface area contributed by atoms with Gasteiger partial charge in [0.25, 0.3) is 5.91 Å². The van der Waals surface area contributed by atoms with Crippen LogP contribution in [0.15, 0.2) is 6.58 Å². The smallest absolute Gasteiger partial charge is 0.253 e. The molecule has 0 heterocycles. The van der Waals surface area contributed by atoms with Crippen molar-refractivity contribution >= 4 is 5.91 Å². The van der Waals surface area contributed by atoms with Crippen molar-refractivity contribution in [3.63, 3.8) is 0 Å². The van der Waals surface area contributed by atoms with Gasteiger partial charge in [-0.25, -0.2) is 0 Å². The van der Waals surface area contributed by atoms with Crippen molar-refractivity contribution in [1.82, 2.24) is 4.90 Å². The van der Waals surface area contributed by atoms with Gasteiger partial charge in [-0.1, -0.05) is 6.58 Å². The van der Waals surface area contributed by atoms with E-state index < -0.39 is 0 Å². The monoisotopic (exact) mass is 98.1 g/mol. The number of nitrogens with zero attached hydrogens (tertiary/aromatic N) is 1. The third-order valence-corrected chi connectivity index (χ3v) is 0.557. The normalized spacial score (nSPS) is 7.71. The lowest BCUT2D eigenvalue weighted by Gasteiger charge is -2.02. The SMILES string of the molecule is C=[C]C(=O)N(C)C. The van der Waals surface area contributed by atoms with Crippen molar-refractivity contribution in [1.29, 1.82) is 0 Å². The molecule has 2 nitrogen and oxygen atoms in total. The summed E-state index contributed by atoms with van der Waals surface area (Å²) in [5.41, 5.74) is 0. The quantitative estimate of drug-likeness (QED) is 0.425. The minimum absolute atomic E-state index is 0.181. The highest BCUT2D eigenvalue weighted by Gasteiger charge is 1.92. The van der Waals surface area contributed by atoms with E-state index in [1.54, 1.807) is 14.1 Å². The molecule has 0 aromatic carbocycles. The molecule has 7 heavy (non-hydrogen) atoms. The van der Waals surface area contributed by atoms with Crippen LogP contribution in [0.4, 0.5) is 0 Å². The predicted octanol–water partition coefficient (Wildman–Crippen LogP) is 0.0638. The third kappa shape index (κ3) is 1.98. The second-order valence-corrected chi connectivity index (χ2v) is 1.38. The maximum atomic E-state index is 10.3. The first-order chi connectivity index (χ1) is 3.18. The van der Waals surface area contributed by atoms with Crippen LogP contribution in [0, 0.1) is 6.08 Å². The first kappa shape index (κ1) is 6.21. The van der Waals surface area contributed by atoms with Crippen LogP contribution in [0.25, 0.3) is 0 Å². The van der Waals surface area contributed by atoms with E-state index in [1.165, 1.54) is 4.90 Å². The van der Waals surface area contributed by atoms with E-state index in [1.807, 2.05) is 0 Å². The van der Waals surface area contributed by atoms with E-state index in [0.29, 0.717) is 0 Å². The number of likely N-dealkylation sites (N-methyl/N-ethyl adjacent to an activating group) is 1. The van der Waals surface area contributed by atoms with Gasteiger partial charge in [0, 0.05) is 20.2 Å². The van der Waals surface area contributed by atoms with Gasteiger partial charge in [0.15, 0.2) is 0 Å². The van der Waals surface area contributed by atoms with Gasteiger partial charge in [-0.2, -0.15) is 0 Å². The lowest BCUT2D eigenvalue weighted by Crippen LogP contribution is -2.18. The standard InChI is InChI=1S/C5H8NO/c1-4-5(7)6(2)3/h1H2,2-3H3. The maximum Gasteiger partial charge on any atom is 0.253 e. The Morgan fingerprint density at radius 3 is 2.14 bits per heavy atom. The molecule has 39 valence electrons. The summed E-state index contributed by atoms with van der Waals surface area (Å²) in [6.07, 6.45) is 2.20. The number of rotatable bonds is 1. The molecule has 0 rings (SSSR count). The van der Waals surface area contributed by atoms with E-state index in [9.17, 15) is 4.79 Å². The summed E-state index contributed by atoms with van der Waals surface area (Å²) in [5.74, 6) is -0.181. The summed E-state index contributed by atoms with van der Waals surface area (Å²) in [6, 6.07) is 0. The van der Waals surface area contributed by atoms with Crippen LogP contribution in [0.5, 0.6) is 0 Å². The Morgan fingerprint density at radius 2 is 2.14 bits per heavy atom. The topological polar surface area (TPSA) is 20.3 Å². The molecule has 2 heteroatoms. The Labute approximate surface area is 43.4 Å². The zero-order valence-corrected chi connectivity index (χ0v) is 4.56. The lowest BCUT2D eigenvalue weighted by molar-refractivity contribution is -0.124. The summed E-state index contributed by atoms with van der Waals surface area (Å²) in [7, 11) is 3.31. The molecule has 0 aliphatic carbocycles. The van der Waals surface area contributed by atoms with E-state index in [0.717, 1.165) is 0 Å². The highest BCUT2D eigenvalue weighted by atomic mass is 16.2. The molecule has 0 unspecified atom stereocenters. The van der Waals surface area contributed by atoms with Crippen LogP contribution in [0.3, 0.4) is 0 Å². The molecule has 0 aromatic heterocycles. The van der Waals surface area contributed by atoms with E-state index in [2.05, 4.69) is 12.7 Å². The predicted molar refractivity (Wildman–Crippen MR) is 27.6 cm³/mol. The third-order valence-electron chi connectivity index (χ3n) is 0.557. The summed E-state index contributed by atoms with van der Waals surface area (Å²) < 4.78 is 0. The Kier molecular flexibility index (Phi) is 2.12. The summed E-state index contributed by atoms with van der Waals surface area (Å²) in [5, 5.41) is 0. The molecule has 0 spiro atoms. The molecule has 0 saturated heterocycles. The van der Waals surface area contributed by atoms with Gasteiger partial charge in [-0.3, -0.25) is 4.79 Å². The van der Waals surface area contributed by atoms with Crippen LogP contribution in [-0.4, -0.2) is 24.9 Å². The molecule has 1 amide bonds. The van der Waals surface area contributed by atoms with Gasteiger partial charge in [0.1, 0.15) is 0 Å². The second kappa shape index (κ2) is 2.39. The summed E-state index contributed by atoms with van der Waals surface area (Å²) in [4.78, 5) is 11.7. The maximum absolute atomic E-state index is 10.3. The van der Waals surface area contributed by atoms with Crippen molar-refractivity contribution in [2.45, 2.75) is 0 Å². The summed E-state index contributed by atoms with van der Waals surface area (Å²) >= 11 is 0. The van der Waals surface area contributed by atoms with Crippen molar-refractivity contribution in [3.05, 3.63) is 12.7 Å². The Hall–Kier alpha value is -0.790. The molecule has 0 aliphatic heterocycles. The molecular weight excluding hydrogens is 90.1 g/mol. The van der Waals surface area contributed by atoms with Crippen molar-refractivity contribution in [3.8, 4) is 0 Å². The zero-order chi connectivity index (χ0) is 5.86. The van der Waals surface area contributed by atoms with Crippen LogP contribution >= 0.6 is 0 Å². The highest BCUT2D eigenvalue weighted by molar-refractivity contribution is 5.82. The Morgan fingerprint density at radius 1 is 1.71 bits per heavy atom. The average molecular weight is 98.1 g/mol. The number of carbonyl (C=O) groups excluding carboxylic acids is 1. The number of carbonyl (C=O) groups is 1. The fourth-order valence-electron chi connectivity index (χ4n) is 0.158. The molecule has 0 bridgehead atoms. The van der Waals surface area contributed by atoms with E-state index in [-0.39, 0.29) is 5.91 Å². The number of hydrogen-bond donors (Lipinski definition) is 0. The highest BCUT2D eigenvalue weighted by Crippen LogP contribution is 1.73. The molecule has 1 radical (unpaired) electrons. The molecule has 0 N–H and O–H groups in total.